The van der Waals surface area contributed by atoms with Crippen LogP contribution in [0.1, 0.15) is 50.6 Å². The molecule has 0 bridgehead atoms. The molecule has 0 saturated carbocycles. The molecule has 0 aliphatic heterocycles. The fraction of sp³-hybridized carbons (Fsp3) is 0.462. The van der Waals surface area contributed by atoms with Gasteiger partial charge in [-0.3, -0.25) is 4.68 Å². The summed E-state index contributed by atoms with van der Waals surface area (Å²) >= 11 is 0. The van der Waals surface area contributed by atoms with Gasteiger partial charge in [0.15, 0.2) is 0 Å². The van der Waals surface area contributed by atoms with Gasteiger partial charge in [-0.1, -0.05) is 20.4 Å². The van der Waals surface area contributed by atoms with Gasteiger partial charge in [0, 0.05) is 7.05 Å². The number of rotatable bonds is 3. The zero-order valence-electron chi connectivity index (χ0n) is 10.6. The van der Waals surface area contributed by atoms with E-state index in [0.29, 0.717) is 11.1 Å². The Hall–Kier alpha value is -1.38. The summed E-state index contributed by atoms with van der Waals surface area (Å²) in [6.07, 6.45) is 1.65. The van der Waals surface area contributed by atoms with Crippen LogP contribution in [0, 0.1) is 0 Å². The van der Waals surface area contributed by atoms with Gasteiger partial charge in [0.2, 0.25) is 0 Å². The second-order valence-corrected chi connectivity index (χ2v) is 4.44. The van der Waals surface area contributed by atoms with Crippen molar-refractivity contribution in [2.24, 2.45) is 7.05 Å². The predicted octanol–water partition coefficient (Wildman–Crippen LogP) is 3.91. The van der Waals surface area contributed by atoms with Gasteiger partial charge in [-0.15, -0.1) is 0 Å². The Kier molecular flexibility index (Phi) is 3.68. The molecule has 0 aromatic carbocycles. The van der Waals surface area contributed by atoms with Crippen LogP contribution < -0.4 is 0 Å². The number of hydrogen-bond acceptors (Lipinski definition) is 1. The van der Waals surface area contributed by atoms with E-state index in [1.165, 1.54) is 0 Å². The number of aromatic nitrogens is 2. The first-order valence-electron chi connectivity index (χ1n) is 5.42. The zero-order valence-corrected chi connectivity index (χ0v) is 10.6. The maximum Gasteiger partial charge on any atom is 0.133 e. The Labute approximate surface area is 96.5 Å². The summed E-state index contributed by atoms with van der Waals surface area (Å²) in [5.41, 5.74) is 2.78. The number of allylic oxidation sites excluding steroid dienone is 1. The summed E-state index contributed by atoms with van der Waals surface area (Å²) in [6.45, 7) is 11.3. The van der Waals surface area contributed by atoms with Gasteiger partial charge in [-0.2, -0.15) is 5.10 Å². The van der Waals surface area contributed by atoms with Crippen LogP contribution in [-0.4, -0.2) is 9.78 Å². The molecule has 0 radical (unpaired) electrons. The molecule has 0 saturated heterocycles. The van der Waals surface area contributed by atoms with Crippen LogP contribution in [0.25, 0.3) is 11.9 Å². The number of aryl methyl sites for hydroxylation is 1. The molecular weight excluding hydrogens is 203 g/mol. The minimum absolute atomic E-state index is 0.188. The summed E-state index contributed by atoms with van der Waals surface area (Å²) in [6, 6.07) is 0. The van der Waals surface area contributed by atoms with E-state index in [0.717, 1.165) is 11.4 Å². The third-order valence-electron chi connectivity index (χ3n) is 2.52. The highest BCUT2D eigenvalue weighted by atomic mass is 19.1. The molecule has 0 fully saturated rings. The lowest BCUT2D eigenvalue weighted by molar-refractivity contribution is 0.707. The Morgan fingerprint density at radius 1 is 1.44 bits per heavy atom. The highest BCUT2D eigenvalue weighted by molar-refractivity contribution is 5.71. The van der Waals surface area contributed by atoms with Crippen molar-refractivity contribution < 1.29 is 4.39 Å². The third kappa shape index (κ3) is 2.08. The van der Waals surface area contributed by atoms with Crippen molar-refractivity contribution in [2.45, 2.75) is 33.6 Å². The summed E-state index contributed by atoms with van der Waals surface area (Å²) < 4.78 is 15.8. The Balaban J connectivity index is 3.56. The fourth-order valence-electron chi connectivity index (χ4n) is 1.67. The molecule has 2 nitrogen and oxygen atoms in total. The van der Waals surface area contributed by atoms with Crippen LogP contribution in [0.4, 0.5) is 4.39 Å². The molecule has 1 rings (SSSR count). The highest BCUT2D eigenvalue weighted by Crippen LogP contribution is 2.31. The molecule has 16 heavy (non-hydrogen) atoms. The molecule has 1 aromatic heterocycles. The van der Waals surface area contributed by atoms with Gasteiger partial charge in [-0.25, -0.2) is 4.39 Å². The van der Waals surface area contributed by atoms with Crippen molar-refractivity contribution in [3.8, 4) is 0 Å². The number of nitrogens with zero attached hydrogens (tertiary/aromatic N) is 2. The topological polar surface area (TPSA) is 17.8 Å². The molecule has 88 valence electrons. The normalized spacial score (nSPS) is 10.7. The van der Waals surface area contributed by atoms with E-state index < -0.39 is 0 Å². The molecule has 0 spiro atoms. The third-order valence-corrected chi connectivity index (χ3v) is 2.52. The maximum absolute atomic E-state index is 14.1. The zero-order chi connectivity index (χ0) is 12.5. The lowest BCUT2D eigenvalue weighted by Crippen LogP contribution is -1.94. The number of halogens is 1. The fourth-order valence-corrected chi connectivity index (χ4v) is 1.67. The van der Waals surface area contributed by atoms with Gasteiger partial charge in [0.25, 0.3) is 0 Å². The van der Waals surface area contributed by atoms with Crippen molar-refractivity contribution in [1.29, 1.82) is 0 Å². The smallest absolute Gasteiger partial charge is 0.133 e. The molecule has 0 aliphatic carbocycles. The van der Waals surface area contributed by atoms with Crippen molar-refractivity contribution in [3.05, 3.63) is 29.1 Å². The van der Waals surface area contributed by atoms with Crippen LogP contribution in [0.15, 0.2) is 12.2 Å². The van der Waals surface area contributed by atoms with Crippen LogP contribution >= 0.6 is 0 Å². The second-order valence-electron chi connectivity index (χ2n) is 4.44. The van der Waals surface area contributed by atoms with Crippen molar-refractivity contribution >= 4 is 11.9 Å². The lowest BCUT2D eigenvalue weighted by Gasteiger charge is -2.05. The molecule has 0 amide bonds. The maximum atomic E-state index is 14.1. The predicted molar refractivity (Wildman–Crippen MR) is 66.8 cm³/mol. The molecule has 1 heterocycles. The summed E-state index contributed by atoms with van der Waals surface area (Å²) in [5, 5.41) is 4.36. The van der Waals surface area contributed by atoms with E-state index in [4.69, 9.17) is 0 Å². The van der Waals surface area contributed by atoms with Crippen LogP contribution in [-0.2, 0) is 7.05 Å². The van der Waals surface area contributed by atoms with Crippen LogP contribution in [0.3, 0.4) is 0 Å². The standard InChI is InChI=1S/C13H19FN2/c1-7-10-11(12(14)8(2)3)13(9(4)5)15-16(10)6/h7,9H,1H2,2-6H3. The van der Waals surface area contributed by atoms with Crippen molar-refractivity contribution in [3.63, 3.8) is 0 Å². The molecule has 0 aliphatic rings. The molecule has 0 unspecified atom stereocenters. The number of hydrogen-bond donors (Lipinski definition) is 0. The quantitative estimate of drug-likeness (QED) is 0.758. The van der Waals surface area contributed by atoms with E-state index in [2.05, 4.69) is 11.7 Å². The second kappa shape index (κ2) is 4.64. The highest BCUT2D eigenvalue weighted by Gasteiger charge is 2.20. The van der Waals surface area contributed by atoms with E-state index in [9.17, 15) is 4.39 Å². The Bertz CT molecular complexity index is 435. The van der Waals surface area contributed by atoms with E-state index in [1.54, 1.807) is 24.6 Å². The minimum atomic E-state index is -0.188. The Morgan fingerprint density at radius 2 is 2.00 bits per heavy atom. The van der Waals surface area contributed by atoms with Gasteiger partial charge >= 0.3 is 0 Å². The SMILES string of the molecule is C=Cc1c(C(F)=C(C)C)c(C(C)C)nn1C. The first-order chi connectivity index (χ1) is 7.40. The first-order valence-corrected chi connectivity index (χ1v) is 5.42. The van der Waals surface area contributed by atoms with E-state index in [1.807, 2.05) is 20.9 Å². The lowest BCUT2D eigenvalue weighted by atomic mass is 10.0. The van der Waals surface area contributed by atoms with Crippen molar-refractivity contribution in [1.82, 2.24) is 9.78 Å². The van der Waals surface area contributed by atoms with Crippen LogP contribution in [0.5, 0.6) is 0 Å². The Morgan fingerprint density at radius 3 is 2.38 bits per heavy atom. The first kappa shape index (κ1) is 12.7. The van der Waals surface area contributed by atoms with E-state index in [-0.39, 0.29) is 11.7 Å². The molecule has 0 N–H and O–H groups in total. The molecular formula is C13H19FN2. The largest absolute Gasteiger partial charge is 0.268 e. The average Bonchev–Trinajstić information content (AvgIpc) is 2.53. The summed E-state index contributed by atoms with van der Waals surface area (Å²) in [5.74, 6) is 0.00620. The van der Waals surface area contributed by atoms with E-state index >= 15 is 0 Å². The molecule has 3 heteroatoms. The van der Waals surface area contributed by atoms with Gasteiger partial charge in [-0.05, 0) is 31.4 Å². The van der Waals surface area contributed by atoms with Crippen molar-refractivity contribution in [2.75, 3.05) is 0 Å². The summed E-state index contributed by atoms with van der Waals surface area (Å²) in [7, 11) is 1.81. The van der Waals surface area contributed by atoms with Gasteiger partial charge < -0.3 is 0 Å². The van der Waals surface area contributed by atoms with Crippen LogP contribution in [0.2, 0.25) is 0 Å². The molecule has 0 atom stereocenters. The summed E-state index contributed by atoms with van der Waals surface area (Å²) in [4.78, 5) is 0. The van der Waals surface area contributed by atoms with Gasteiger partial charge in [0.05, 0.1) is 17.0 Å². The minimum Gasteiger partial charge on any atom is -0.268 e. The van der Waals surface area contributed by atoms with Gasteiger partial charge in [0.1, 0.15) is 5.83 Å². The monoisotopic (exact) mass is 222 g/mol. The molecule has 1 aromatic rings. The average molecular weight is 222 g/mol.